The number of halogens is 1. The molecule has 0 unspecified atom stereocenters. The van der Waals surface area contributed by atoms with Gasteiger partial charge in [0.05, 0.1) is 32.2 Å². The van der Waals surface area contributed by atoms with Crippen molar-refractivity contribution in [3.63, 3.8) is 0 Å². The Morgan fingerprint density at radius 3 is 2.79 bits per heavy atom. The van der Waals surface area contributed by atoms with E-state index in [0.29, 0.717) is 23.6 Å². The minimum absolute atomic E-state index is 0.0880. The molecular weight excluding hydrogens is 478 g/mol. The second-order valence-corrected chi connectivity index (χ2v) is 8.70. The molecule has 0 radical (unpaired) electrons. The summed E-state index contributed by atoms with van der Waals surface area (Å²) in [6, 6.07) is 7.14. The quantitative estimate of drug-likeness (QED) is 0.405. The fourth-order valence-corrected chi connectivity index (χ4v) is 4.52. The van der Waals surface area contributed by atoms with E-state index in [2.05, 4.69) is 15.8 Å². The number of hydrogen-bond donors (Lipinski definition) is 3. The first kappa shape index (κ1) is 23.8. The highest BCUT2D eigenvalue weighted by Gasteiger charge is 2.58. The number of aromatic nitrogens is 1. The summed E-state index contributed by atoms with van der Waals surface area (Å²) in [5.74, 6) is 0.260. The average molecular weight is 502 g/mol. The first-order chi connectivity index (χ1) is 16.3. The van der Waals surface area contributed by atoms with Gasteiger partial charge in [0.2, 0.25) is 11.4 Å². The number of carbonyl (C=O) groups excluding carboxylic acids is 1. The number of aliphatic imine (C=N–C) groups is 1. The molecule has 9 nitrogen and oxygen atoms in total. The summed E-state index contributed by atoms with van der Waals surface area (Å²) in [4.78, 5) is 23.1. The van der Waals surface area contributed by atoms with Crippen LogP contribution in [0.25, 0.3) is 0 Å². The van der Waals surface area contributed by atoms with Gasteiger partial charge in [-0.3, -0.25) is 20.2 Å². The summed E-state index contributed by atoms with van der Waals surface area (Å²) in [6.07, 6.45) is 3.90. The number of nitrogens with two attached hydrogens (primary N) is 1. The Morgan fingerprint density at radius 1 is 1.38 bits per heavy atom. The lowest BCUT2D eigenvalue weighted by Crippen LogP contribution is -2.56. The zero-order valence-corrected chi connectivity index (χ0v) is 20.4. The van der Waals surface area contributed by atoms with Crippen LogP contribution in [0.1, 0.15) is 29.4 Å². The van der Waals surface area contributed by atoms with Crippen molar-refractivity contribution >= 4 is 40.4 Å². The molecule has 1 aliphatic carbocycles. The zero-order chi connectivity index (χ0) is 24.5. The van der Waals surface area contributed by atoms with Crippen molar-refractivity contribution in [1.29, 1.82) is 0 Å². The van der Waals surface area contributed by atoms with Crippen molar-refractivity contribution in [2.24, 2.45) is 16.6 Å². The summed E-state index contributed by atoms with van der Waals surface area (Å²) in [7, 11) is 2.96. The van der Waals surface area contributed by atoms with E-state index in [1.807, 2.05) is 25.1 Å². The molecule has 1 aromatic carbocycles. The van der Waals surface area contributed by atoms with Crippen LogP contribution in [0.4, 0.5) is 0 Å². The van der Waals surface area contributed by atoms with E-state index in [9.17, 15) is 4.79 Å². The van der Waals surface area contributed by atoms with Crippen molar-refractivity contribution in [1.82, 2.24) is 15.8 Å². The van der Waals surface area contributed by atoms with Gasteiger partial charge in [-0.2, -0.15) is 0 Å². The van der Waals surface area contributed by atoms with Gasteiger partial charge < -0.3 is 25.4 Å². The lowest BCUT2D eigenvalue weighted by atomic mass is 9.73. The number of nitrogens with one attached hydrogen (secondary N) is 2. The van der Waals surface area contributed by atoms with Gasteiger partial charge >= 0.3 is 0 Å². The van der Waals surface area contributed by atoms with Crippen LogP contribution < -0.4 is 30.8 Å². The SMILES string of the molecule is COc1cc(OC)c2c(c1Cl)O[C@]1(C2=O)C(=NCc2ccccn2)C=C(NNC(N)=S)C[C@H]1C. The van der Waals surface area contributed by atoms with Crippen molar-refractivity contribution in [3.8, 4) is 17.2 Å². The molecule has 178 valence electrons. The number of hydrogen-bond acceptors (Lipinski definition) is 8. The molecule has 2 aliphatic rings. The number of methoxy groups -OCH3 is 2. The number of pyridine rings is 1. The second kappa shape index (κ2) is 9.47. The molecule has 0 saturated heterocycles. The van der Waals surface area contributed by atoms with Crippen molar-refractivity contribution < 1.29 is 19.0 Å². The number of nitrogens with zero attached hydrogens (tertiary/aromatic N) is 2. The number of ketones is 1. The minimum atomic E-state index is -1.41. The molecule has 2 heterocycles. The molecule has 2 aromatic rings. The van der Waals surface area contributed by atoms with Crippen LogP contribution >= 0.6 is 23.8 Å². The van der Waals surface area contributed by atoms with Crippen LogP contribution in [0.5, 0.6) is 17.2 Å². The number of rotatable bonds is 6. The van der Waals surface area contributed by atoms with Gasteiger partial charge in [-0.25, -0.2) is 0 Å². The molecular formula is C23H24ClN5O4S. The molecule has 34 heavy (non-hydrogen) atoms. The number of carbonyl (C=O) groups is 1. The molecule has 4 N–H and O–H groups in total. The third kappa shape index (κ3) is 4.03. The number of fused-ring (bicyclic) bond motifs is 1. The topological polar surface area (TPSA) is 120 Å². The van der Waals surface area contributed by atoms with Crippen LogP contribution in [-0.2, 0) is 6.54 Å². The van der Waals surface area contributed by atoms with E-state index in [0.717, 1.165) is 11.4 Å². The van der Waals surface area contributed by atoms with Crippen LogP contribution in [-0.4, -0.2) is 41.4 Å². The second-order valence-electron chi connectivity index (χ2n) is 7.88. The Bertz CT molecular complexity index is 1200. The Kier molecular flexibility index (Phi) is 6.63. The molecule has 1 aromatic heterocycles. The molecule has 0 saturated carbocycles. The van der Waals surface area contributed by atoms with Crippen molar-refractivity contribution in [2.45, 2.75) is 25.5 Å². The van der Waals surface area contributed by atoms with Gasteiger partial charge in [-0.1, -0.05) is 24.6 Å². The van der Waals surface area contributed by atoms with Gasteiger partial charge in [0.1, 0.15) is 22.1 Å². The maximum atomic E-state index is 14.0. The van der Waals surface area contributed by atoms with E-state index >= 15 is 0 Å². The largest absolute Gasteiger partial charge is 0.496 e. The maximum Gasteiger partial charge on any atom is 0.220 e. The first-order valence-electron chi connectivity index (χ1n) is 10.5. The van der Waals surface area contributed by atoms with E-state index in [1.165, 1.54) is 14.2 Å². The summed E-state index contributed by atoms with van der Waals surface area (Å²) in [5.41, 5.74) is 12.0. The average Bonchev–Trinajstić information content (AvgIpc) is 3.14. The molecule has 2 atom stereocenters. The smallest absolute Gasteiger partial charge is 0.220 e. The number of benzene rings is 1. The Hall–Kier alpha value is -3.37. The highest BCUT2D eigenvalue weighted by atomic mass is 35.5. The van der Waals surface area contributed by atoms with Crippen molar-refractivity contribution in [3.05, 3.63) is 58.5 Å². The minimum Gasteiger partial charge on any atom is -0.496 e. The maximum absolute atomic E-state index is 14.0. The Morgan fingerprint density at radius 2 is 2.15 bits per heavy atom. The predicted octanol–water partition coefficient (Wildman–Crippen LogP) is 2.97. The summed E-state index contributed by atoms with van der Waals surface area (Å²) >= 11 is 11.4. The molecule has 11 heteroatoms. The van der Waals surface area contributed by atoms with E-state index < -0.39 is 5.60 Å². The lowest BCUT2D eigenvalue weighted by Gasteiger charge is -2.37. The number of ether oxygens (including phenoxy) is 3. The lowest BCUT2D eigenvalue weighted by molar-refractivity contribution is 0.0601. The number of allylic oxidation sites excluding steroid dienone is 1. The highest BCUT2D eigenvalue weighted by molar-refractivity contribution is 7.80. The summed E-state index contributed by atoms with van der Waals surface area (Å²) < 4.78 is 17.3. The van der Waals surface area contributed by atoms with Gasteiger partial charge in [0, 0.05) is 23.9 Å². The zero-order valence-electron chi connectivity index (χ0n) is 18.8. The summed E-state index contributed by atoms with van der Waals surface area (Å²) in [6.45, 7) is 2.16. The Labute approximate surface area is 207 Å². The van der Waals surface area contributed by atoms with E-state index in [-0.39, 0.29) is 39.7 Å². The predicted molar refractivity (Wildman–Crippen MR) is 133 cm³/mol. The number of thiocarbonyl (C=S) groups is 1. The van der Waals surface area contributed by atoms with Crippen LogP contribution in [0.15, 0.2) is 47.2 Å². The van der Waals surface area contributed by atoms with E-state index in [1.54, 1.807) is 18.3 Å². The van der Waals surface area contributed by atoms with Crippen LogP contribution in [0.3, 0.4) is 0 Å². The first-order valence-corrected chi connectivity index (χ1v) is 11.3. The molecule has 0 bridgehead atoms. The Balaban J connectivity index is 1.84. The van der Waals surface area contributed by atoms with Gasteiger partial charge in [-0.15, -0.1) is 0 Å². The fourth-order valence-electron chi connectivity index (χ4n) is 4.20. The van der Waals surface area contributed by atoms with Gasteiger partial charge in [0.25, 0.3) is 0 Å². The molecule has 4 rings (SSSR count). The normalized spacial score (nSPS) is 22.1. The van der Waals surface area contributed by atoms with E-state index in [4.69, 9.17) is 48.8 Å². The van der Waals surface area contributed by atoms with Crippen LogP contribution in [0.2, 0.25) is 5.02 Å². The van der Waals surface area contributed by atoms with Crippen LogP contribution in [0, 0.1) is 5.92 Å². The highest BCUT2D eigenvalue weighted by Crippen LogP contribution is 2.53. The third-order valence-electron chi connectivity index (χ3n) is 5.81. The number of Topliss-reactive ketones (excluding diaryl/α,β-unsaturated/α-hetero) is 1. The molecule has 0 amide bonds. The van der Waals surface area contributed by atoms with Gasteiger partial charge in [0.15, 0.2) is 10.9 Å². The van der Waals surface area contributed by atoms with Gasteiger partial charge in [-0.05, 0) is 36.8 Å². The molecule has 1 spiro atoms. The summed E-state index contributed by atoms with van der Waals surface area (Å²) in [5, 5.41) is 0.285. The fraction of sp³-hybridized carbons (Fsp3) is 0.304. The molecule has 1 aliphatic heterocycles. The number of hydrazine groups is 1. The third-order valence-corrected chi connectivity index (χ3v) is 6.27. The monoisotopic (exact) mass is 501 g/mol. The molecule has 0 fully saturated rings. The standard InChI is InChI=1S/C23H24ClN5O4S/c1-12-8-14(28-29-22(25)34)9-17(27-11-13-6-4-5-7-26-13)23(12)21(30)18-15(31-2)10-16(32-3)19(24)20(18)33-23/h4-7,9-10,12,28H,8,11H2,1-3H3,(H3,25,29,34)/t12-,23+/m1/s1. The van der Waals surface area contributed by atoms with Crippen molar-refractivity contribution in [2.75, 3.05) is 14.2 Å².